The molecule has 0 aliphatic rings. The third-order valence-electron chi connectivity index (χ3n) is 4.95. The number of hydrogen-bond donors (Lipinski definition) is 0. The van der Waals surface area contributed by atoms with Crippen molar-refractivity contribution >= 4 is 38.3 Å². The van der Waals surface area contributed by atoms with Gasteiger partial charge in [0.15, 0.2) is 0 Å². The number of esters is 1. The lowest BCUT2D eigenvalue weighted by atomic mass is 10.1. The number of halogens is 3. The summed E-state index contributed by atoms with van der Waals surface area (Å²) < 4.78 is 47.9. The molecule has 0 fully saturated rings. The predicted octanol–water partition coefficient (Wildman–Crippen LogP) is 4.49. The van der Waals surface area contributed by atoms with E-state index in [1.54, 1.807) is 38.1 Å². The van der Waals surface area contributed by atoms with Crippen LogP contribution in [0.2, 0.25) is 0 Å². The van der Waals surface area contributed by atoms with Crippen LogP contribution in [0.5, 0.6) is 0 Å². The molecule has 0 unspecified atom stereocenters. The number of hydrogen-bond acceptors (Lipinski definition) is 6. The van der Waals surface area contributed by atoms with E-state index < -0.39 is 29.8 Å². The second-order valence-electron chi connectivity index (χ2n) is 7.11. The fraction of sp³-hybridized carbons (Fsp3) is 0.273. The van der Waals surface area contributed by atoms with Crippen molar-refractivity contribution in [1.29, 1.82) is 0 Å². The zero-order valence-electron chi connectivity index (χ0n) is 17.2. The van der Waals surface area contributed by atoms with Crippen LogP contribution in [0.1, 0.15) is 28.8 Å². The second kappa shape index (κ2) is 8.34. The van der Waals surface area contributed by atoms with Crippen molar-refractivity contribution in [2.45, 2.75) is 33.0 Å². The van der Waals surface area contributed by atoms with Gasteiger partial charge in [0.05, 0.1) is 51.4 Å². The lowest BCUT2D eigenvalue weighted by molar-refractivity contribution is -0.142. The van der Waals surface area contributed by atoms with E-state index in [0.29, 0.717) is 15.1 Å². The molecule has 2 aromatic carbocycles. The normalized spacial score (nSPS) is 11.9. The van der Waals surface area contributed by atoms with Crippen LogP contribution in [0.4, 0.5) is 13.2 Å². The lowest BCUT2D eigenvalue weighted by Gasteiger charge is -2.15. The zero-order valence-corrected chi connectivity index (χ0v) is 18.0. The number of carbonyl (C=O) groups excluding carboxylic acids is 1. The standard InChI is InChI=1S/C22H18F3N3O3S/c1-3-31-19(29)10-17-13-6-4-5-7-14(13)21(30)28(27-17)11-15-16(22(23,24)25)8-9-18-20(15)26-12(2)32-18/h4-9H,3,10-11H2,1-2H3. The van der Waals surface area contributed by atoms with Crippen molar-refractivity contribution in [3.8, 4) is 0 Å². The van der Waals surface area contributed by atoms with E-state index in [-0.39, 0.29) is 35.2 Å². The molecule has 4 rings (SSSR count). The van der Waals surface area contributed by atoms with E-state index in [1.165, 1.54) is 17.4 Å². The summed E-state index contributed by atoms with van der Waals surface area (Å²) in [6.45, 7) is 3.12. The van der Waals surface area contributed by atoms with Gasteiger partial charge in [0, 0.05) is 10.9 Å². The van der Waals surface area contributed by atoms with Gasteiger partial charge < -0.3 is 4.74 Å². The Kier molecular flexibility index (Phi) is 5.72. The molecule has 32 heavy (non-hydrogen) atoms. The molecular formula is C22H18F3N3O3S. The third-order valence-corrected chi connectivity index (χ3v) is 5.88. The molecule has 4 aromatic rings. The molecule has 166 valence electrons. The Balaban J connectivity index is 1.92. The summed E-state index contributed by atoms with van der Waals surface area (Å²) in [5.41, 5.74) is -1.11. The van der Waals surface area contributed by atoms with Crippen LogP contribution < -0.4 is 5.56 Å². The summed E-state index contributed by atoms with van der Waals surface area (Å²) >= 11 is 1.27. The Bertz CT molecular complexity index is 1390. The van der Waals surface area contributed by atoms with Gasteiger partial charge in [-0.3, -0.25) is 9.59 Å². The maximum Gasteiger partial charge on any atom is 0.416 e. The van der Waals surface area contributed by atoms with Gasteiger partial charge in [-0.1, -0.05) is 18.2 Å². The number of ether oxygens (including phenoxy) is 1. The maximum atomic E-state index is 13.8. The van der Waals surface area contributed by atoms with Crippen molar-refractivity contribution in [3.05, 3.63) is 68.6 Å². The monoisotopic (exact) mass is 461 g/mol. The van der Waals surface area contributed by atoms with Crippen LogP contribution in [0, 0.1) is 6.92 Å². The van der Waals surface area contributed by atoms with Gasteiger partial charge >= 0.3 is 12.1 Å². The highest BCUT2D eigenvalue weighted by molar-refractivity contribution is 7.18. The number of nitrogens with zero attached hydrogens (tertiary/aromatic N) is 3. The minimum absolute atomic E-state index is 0.133. The molecule has 2 heterocycles. The van der Waals surface area contributed by atoms with E-state index in [2.05, 4.69) is 10.1 Å². The summed E-state index contributed by atoms with van der Waals surface area (Å²) in [5.74, 6) is -0.538. The quantitative estimate of drug-likeness (QED) is 0.410. The number of aromatic nitrogens is 3. The van der Waals surface area contributed by atoms with Crippen molar-refractivity contribution < 1.29 is 22.7 Å². The number of alkyl halides is 3. The van der Waals surface area contributed by atoms with Crippen LogP contribution in [-0.4, -0.2) is 27.3 Å². The highest BCUT2D eigenvalue weighted by Gasteiger charge is 2.35. The first-order chi connectivity index (χ1) is 15.2. The summed E-state index contributed by atoms with van der Waals surface area (Å²) in [7, 11) is 0. The fourth-order valence-electron chi connectivity index (χ4n) is 3.63. The average molecular weight is 461 g/mol. The van der Waals surface area contributed by atoms with Gasteiger partial charge in [-0.2, -0.15) is 18.3 Å². The minimum Gasteiger partial charge on any atom is -0.466 e. The van der Waals surface area contributed by atoms with Crippen molar-refractivity contribution in [2.75, 3.05) is 6.61 Å². The van der Waals surface area contributed by atoms with E-state index >= 15 is 0 Å². The third kappa shape index (κ3) is 4.10. The van der Waals surface area contributed by atoms with Crippen molar-refractivity contribution in [3.63, 3.8) is 0 Å². The second-order valence-corrected chi connectivity index (χ2v) is 8.34. The predicted molar refractivity (Wildman–Crippen MR) is 115 cm³/mol. The Morgan fingerprint density at radius 2 is 1.88 bits per heavy atom. The van der Waals surface area contributed by atoms with E-state index in [4.69, 9.17) is 4.74 Å². The summed E-state index contributed by atoms with van der Waals surface area (Å²) in [4.78, 5) is 29.4. The van der Waals surface area contributed by atoms with Gasteiger partial charge in [-0.25, -0.2) is 9.67 Å². The molecule has 0 saturated carbocycles. The molecule has 6 nitrogen and oxygen atoms in total. The van der Waals surface area contributed by atoms with Crippen LogP contribution >= 0.6 is 11.3 Å². The van der Waals surface area contributed by atoms with Crippen LogP contribution in [0.3, 0.4) is 0 Å². The zero-order chi connectivity index (χ0) is 23.0. The first kappa shape index (κ1) is 21.9. The van der Waals surface area contributed by atoms with Crippen LogP contribution in [-0.2, 0) is 28.7 Å². The largest absolute Gasteiger partial charge is 0.466 e. The summed E-state index contributed by atoms with van der Waals surface area (Å²) in [6, 6.07) is 8.93. The van der Waals surface area contributed by atoms with E-state index in [0.717, 1.165) is 10.7 Å². The number of aryl methyl sites for hydroxylation is 1. The Labute approximate surface area is 184 Å². The highest BCUT2D eigenvalue weighted by Crippen LogP contribution is 2.37. The van der Waals surface area contributed by atoms with Gasteiger partial charge in [0.2, 0.25) is 0 Å². The molecule has 0 amide bonds. The van der Waals surface area contributed by atoms with Gasteiger partial charge in [0.1, 0.15) is 0 Å². The topological polar surface area (TPSA) is 74.1 Å². The Morgan fingerprint density at radius 3 is 2.56 bits per heavy atom. The molecule has 0 radical (unpaired) electrons. The van der Waals surface area contributed by atoms with Gasteiger partial charge in [-0.15, -0.1) is 11.3 Å². The smallest absolute Gasteiger partial charge is 0.416 e. The molecular weight excluding hydrogens is 443 g/mol. The Morgan fingerprint density at radius 1 is 1.16 bits per heavy atom. The molecule has 2 aromatic heterocycles. The maximum absolute atomic E-state index is 13.8. The van der Waals surface area contributed by atoms with Crippen LogP contribution in [0.15, 0.2) is 41.2 Å². The summed E-state index contributed by atoms with van der Waals surface area (Å²) in [5, 5.41) is 5.60. The molecule has 0 aliphatic heterocycles. The Hall–Kier alpha value is -3.27. The molecule has 0 saturated heterocycles. The SMILES string of the molecule is CCOC(=O)Cc1nn(Cc2c(C(F)(F)F)ccc3sc(C)nc23)c(=O)c2ccccc12. The first-order valence-corrected chi connectivity index (χ1v) is 10.6. The van der Waals surface area contributed by atoms with Crippen molar-refractivity contribution in [1.82, 2.24) is 14.8 Å². The lowest BCUT2D eigenvalue weighted by Crippen LogP contribution is -2.27. The highest BCUT2D eigenvalue weighted by atomic mass is 32.1. The van der Waals surface area contributed by atoms with E-state index in [9.17, 15) is 22.8 Å². The fourth-order valence-corrected chi connectivity index (χ4v) is 4.48. The van der Waals surface area contributed by atoms with Crippen molar-refractivity contribution in [2.24, 2.45) is 0 Å². The molecule has 0 atom stereocenters. The molecule has 0 bridgehead atoms. The molecule has 0 aliphatic carbocycles. The van der Waals surface area contributed by atoms with E-state index in [1.807, 2.05) is 0 Å². The number of thiazole rings is 1. The first-order valence-electron chi connectivity index (χ1n) is 9.79. The van der Waals surface area contributed by atoms with Gasteiger partial charge in [-0.05, 0) is 32.0 Å². The molecule has 10 heteroatoms. The summed E-state index contributed by atoms with van der Waals surface area (Å²) in [6.07, 6.45) is -4.84. The number of benzene rings is 2. The van der Waals surface area contributed by atoms with Gasteiger partial charge in [0.25, 0.3) is 5.56 Å². The molecule has 0 spiro atoms. The number of rotatable bonds is 5. The number of fused-ring (bicyclic) bond motifs is 2. The van der Waals surface area contributed by atoms with Crippen LogP contribution in [0.25, 0.3) is 21.0 Å². The average Bonchev–Trinajstić information content (AvgIpc) is 3.11. The minimum atomic E-state index is -4.63. The number of carbonyl (C=O) groups is 1. The molecule has 0 N–H and O–H groups in total.